The monoisotopic (exact) mass is 383 g/mol. The average molecular weight is 385 g/mol. The number of hydrogen-bond acceptors (Lipinski definition) is 4. The highest BCUT2D eigenvalue weighted by molar-refractivity contribution is 9.09. The number of ether oxygens (including phenoxy) is 2. The molecule has 0 bridgehead atoms. The van der Waals surface area contributed by atoms with Crippen LogP contribution in [0, 0.1) is 10.1 Å². The molecule has 110 valence electrons. The fourth-order valence-corrected chi connectivity index (χ4v) is 3.39. The molecule has 3 unspecified atom stereocenters. The lowest BCUT2D eigenvalue weighted by molar-refractivity contribution is -0.384. The van der Waals surface area contributed by atoms with Crippen LogP contribution in [0.15, 0.2) is 12.1 Å². The molecule has 0 amide bonds. The van der Waals surface area contributed by atoms with E-state index in [1.807, 2.05) is 6.92 Å². The summed E-state index contributed by atoms with van der Waals surface area (Å²) in [5.74, 6) is 0.257. The van der Waals surface area contributed by atoms with Gasteiger partial charge in [-0.2, -0.15) is 0 Å². The van der Waals surface area contributed by atoms with Gasteiger partial charge in [-0.15, -0.1) is 0 Å². The molecule has 1 saturated carbocycles. The van der Waals surface area contributed by atoms with Crippen LogP contribution in [0.1, 0.15) is 13.3 Å². The highest BCUT2D eigenvalue weighted by atomic mass is 79.9. The van der Waals surface area contributed by atoms with Gasteiger partial charge in [0.1, 0.15) is 12.2 Å². The van der Waals surface area contributed by atoms with E-state index in [2.05, 4.69) is 15.9 Å². The minimum Gasteiger partial charge on any atom is -0.484 e. The topological polar surface area (TPSA) is 61.6 Å². The molecule has 0 radical (unpaired) electrons. The van der Waals surface area contributed by atoms with Crippen molar-refractivity contribution in [3.05, 3.63) is 32.3 Å². The van der Waals surface area contributed by atoms with Crippen LogP contribution in [-0.4, -0.2) is 28.6 Å². The van der Waals surface area contributed by atoms with Gasteiger partial charge < -0.3 is 9.47 Å². The molecule has 1 fully saturated rings. The van der Waals surface area contributed by atoms with Crippen molar-refractivity contribution in [3.63, 3.8) is 0 Å². The summed E-state index contributed by atoms with van der Waals surface area (Å²) < 4.78 is 11.3. The van der Waals surface area contributed by atoms with E-state index in [-0.39, 0.29) is 38.5 Å². The van der Waals surface area contributed by atoms with E-state index in [1.165, 1.54) is 12.1 Å². The van der Waals surface area contributed by atoms with Crippen molar-refractivity contribution >= 4 is 44.8 Å². The van der Waals surface area contributed by atoms with Crippen molar-refractivity contribution in [1.82, 2.24) is 0 Å². The number of nitro groups is 1. The summed E-state index contributed by atoms with van der Waals surface area (Å²) in [5.41, 5.74) is -0.166. The zero-order valence-corrected chi connectivity index (χ0v) is 13.6. The molecule has 0 spiro atoms. The third kappa shape index (κ3) is 3.19. The Hall–Kier alpha value is -0.560. The number of rotatable bonds is 5. The number of hydrogen-bond donors (Lipinski definition) is 0. The van der Waals surface area contributed by atoms with E-state index in [1.54, 1.807) is 0 Å². The minimum absolute atomic E-state index is 0.0812. The first-order valence-electron chi connectivity index (χ1n) is 5.99. The van der Waals surface area contributed by atoms with Crippen molar-refractivity contribution < 1.29 is 14.4 Å². The molecule has 1 aromatic carbocycles. The Morgan fingerprint density at radius 2 is 2.05 bits per heavy atom. The number of non-ortho nitro benzene ring substituents is 1. The maximum atomic E-state index is 10.7. The molecule has 0 saturated heterocycles. The first-order valence-corrected chi connectivity index (χ1v) is 7.67. The SMILES string of the molecule is CCOC1C(Br)CC1Oc1c(Cl)cc([N+](=O)[O-])cc1Cl. The van der Waals surface area contributed by atoms with Crippen LogP contribution in [0.2, 0.25) is 10.0 Å². The maximum Gasteiger partial charge on any atom is 0.272 e. The Balaban J connectivity index is 2.16. The number of nitro benzene ring substituents is 1. The zero-order valence-electron chi connectivity index (χ0n) is 10.5. The van der Waals surface area contributed by atoms with Crippen molar-refractivity contribution in [2.24, 2.45) is 0 Å². The molecule has 0 aromatic heterocycles. The van der Waals surface area contributed by atoms with Gasteiger partial charge in [-0.25, -0.2) is 0 Å². The molecule has 8 heteroatoms. The molecule has 0 aliphatic heterocycles. The summed E-state index contributed by atoms with van der Waals surface area (Å²) in [6, 6.07) is 2.45. The van der Waals surface area contributed by atoms with E-state index in [9.17, 15) is 10.1 Å². The van der Waals surface area contributed by atoms with Gasteiger partial charge in [-0.1, -0.05) is 39.1 Å². The van der Waals surface area contributed by atoms with Gasteiger partial charge in [0.05, 0.1) is 15.0 Å². The van der Waals surface area contributed by atoms with Crippen LogP contribution in [0.25, 0.3) is 0 Å². The Labute approximate surface area is 134 Å². The van der Waals surface area contributed by atoms with Crippen LogP contribution < -0.4 is 4.74 Å². The molecule has 0 heterocycles. The van der Waals surface area contributed by atoms with E-state index >= 15 is 0 Å². The van der Waals surface area contributed by atoms with Crippen LogP contribution in [0.4, 0.5) is 5.69 Å². The predicted molar refractivity (Wildman–Crippen MR) is 80.3 cm³/mol. The Bertz CT molecular complexity index is 505. The number of nitrogens with zero attached hydrogens (tertiary/aromatic N) is 1. The molecule has 2 rings (SSSR count). The van der Waals surface area contributed by atoms with E-state index in [0.717, 1.165) is 6.42 Å². The summed E-state index contributed by atoms with van der Waals surface area (Å²) in [5, 5.41) is 11.0. The van der Waals surface area contributed by atoms with Gasteiger partial charge in [0.2, 0.25) is 0 Å². The maximum absolute atomic E-state index is 10.7. The second-order valence-corrected chi connectivity index (χ2v) is 6.31. The largest absolute Gasteiger partial charge is 0.484 e. The zero-order chi connectivity index (χ0) is 14.9. The summed E-state index contributed by atoms with van der Waals surface area (Å²) in [7, 11) is 0. The molecule has 0 N–H and O–H groups in total. The van der Waals surface area contributed by atoms with Crippen LogP contribution in [-0.2, 0) is 4.74 Å². The van der Waals surface area contributed by atoms with Crippen molar-refractivity contribution in [2.45, 2.75) is 30.4 Å². The van der Waals surface area contributed by atoms with E-state index in [4.69, 9.17) is 32.7 Å². The average Bonchev–Trinajstić information content (AvgIpc) is 2.38. The summed E-state index contributed by atoms with van der Waals surface area (Å²) in [6.07, 6.45) is 0.506. The van der Waals surface area contributed by atoms with Gasteiger partial charge >= 0.3 is 0 Å². The number of benzene rings is 1. The van der Waals surface area contributed by atoms with Crippen molar-refractivity contribution in [3.8, 4) is 5.75 Å². The van der Waals surface area contributed by atoms with Crippen LogP contribution in [0.3, 0.4) is 0 Å². The predicted octanol–water partition coefficient (Wildman–Crippen LogP) is 4.22. The van der Waals surface area contributed by atoms with Gasteiger partial charge in [-0.3, -0.25) is 10.1 Å². The fourth-order valence-electron chi connectivity index (χ4n) is 1.96. The highest BCUT2D eigenvalue weighted by Crippen LogP contribution is 2.41. The molecule has 3 atom stereocenters. The molecular weight excluding hydrogens is 373 g/mol. The number of alkyl halides is 1. The van der Waals surface area contributed by atoms with Gasteiger partial charge in [-0.05, 0) is 6.92 Å². The first kappa shape index (κ1) is 15.8. The van der Waals surface area contributed by atoms with Crippen LogP contribution in [0.5, 0.6) is 5.75 Å². The first-order chi connectivity index (χ1) is 9.43. The standard InChI is InChI=1S/C12H12BrCl2NO4/c1-2-19-11-7(13)5-10(11)20-12-8(14)3-6(16(17)18)4-9(12)15/h3-4,7,10-11H,2,5H2,1H3. The number of halogens is 3. The quantitative estimate of drug-likeness (QED) is 0.433. The second kappa shape index (κ2) is 6.47. The van der Waals surface area contributed by atoms with E-state index in [0.29, 0.717) is 6.61 Å². The van der Waals surface area contributed by atoms with Gasteiger partial charge in [0, 0.05) is 30.0 Å². The molecule has 5 nitrogen and oxygen atoms in total. The lowest BCUT2D eigenvalue weighted by atomic mass is 9.91. The fraction of sp³-hybridized carbons (Fsp3) is 0.500. The molecular formula is C12H12BrCl2NO4. The van der Waals surface area contributed by atoms with Gasteiger partial charge in [0.15, 0.2) is 5.75 Å². The molecule has 1 aliphatic rings. The smallest absolute Gasteiger partial charge is 0.272 e. The Kier molecular flexibility index (Phi) is 5.12. The molecule has 20 heavy (non-hydrogen) atoms. The third-order valence-electron chi connectivity index (χ3n) is 3.00. The normalized spacial score (nSPS) is 25.1. The third-order valence-corrected chi connectivity index (χ3v) is 4.46. The Morgan fingerprint density at radius 1 is 1.45 bits per heavy atom. The van der Waals surface area contributed by atoms with Crippen molar-refractivity contribution in [2.75, 3.05) is 6.61 Å². The van der Waals surface area contributed by atoms with Gasteiger partial charge in [0.25, 0.3) is 5.69 Å². The molecule has 1 aromatic rings. The Morgan fingerprint density at radius 3 is 2.50 bits per heavy atom. The summed E-state index contributed by atoms with van der Waals surface area (Å²) >= 11 is 15.5. The van der Waals surface area contributed by atoms with Crippen LogP contribution >= 0.6 is 39.1 Å². The lowest BCUT2D eigenvalue weighted by Gasteiger charge is -2.40. The summed E-state index contributed by atoms with van der Waals surface area (Å²) in [4.78, 5) is 10.4. The second-order valence-electron chi connectivity index (χ2n) is 4.32. The molecule has 1 aliphatic carbocycles. The van der Waals surface area contributed by atoms with E-state index < -0.39 is 4.92 Å². The summed E-state index contributed by atoms with van der Waals surface area (Å²) in [6.45, 7) is 2.48. The minimum atomic E-state index is -0.553. The van der Waals surface area contributed by atoms with Crippen molar-refractivity contribution in [1.29, 1.82) is 0 Å². The highest BCUT2D eigenvalue weighted by Gasteiger charge is 2.42. The lowest BCUT2D eigenvalue weighted by Crippen LogP contribution is -2.52.